The molecule has 0 unspecified atom stereocenters. The van der Waals surface area contributed by atoms with E-state index in [0.29, 0.717) is 34.9 Å². The molecule has 1 aromatic carbocycles. The average Bonchev–Trinajstić information content (AvgIpc) is 3.13. The number of benzene rings is 1. The molecular formula is C23H19FN6O. The van der Waals surface area contributed by atoms with E-state index in [-0.39, 0.29) is 11.8 Å². The summed E-state index contributed by atoms with van der Waals surface area (Å²) in [5.74, 6) is 0.505. The molecule has 0 bridgehead atoms. The van der Waals surface area contributed by atoms with Crippen molar-refractivity contribution in [3.63, 3.8) is 0 Å². The zero-order chi connectivity index (χ0) is 21.5. The van der Waals surface area contributed by atoms with Gasteiger partial charge in [0.15, 0.2) is 0 Å². The van der Waals surface area contributed by atoms with Gasteiger partial charge in [-0.05, 0) is 54.4 Å². The molecule has 0 amide bonds. The Balaban J connectivity index is 1.72. The maximum absolute atomic E-state index is 14.4. The maximum atomic E-state index is 14.4. The fraction of sp³-hybridized carbons (Fsp3) is 0.130. The Morgan fingerprint density at radius 2 is 1.97 bits per heavy atom. The van der Waals surface area contributed by atoms with Gasteiger partial charge in [-0.25, -0.2) is 9.37 Å². The number of halogens is 1. The van der Waals surface area contributed by atoms with E-state index in [2.05, 4.69) is 25.3 Å². The van der Waals surface area contributed by atoms with E-state index < -0.39 is 0 Å². The summed E-state index contributed by atoms with van der Waals surface area (Å²) in [6, 6.07) is 10.4. The maximum Gasteiger partial charge on any atom is 0.322 e. The zero-order valence-electron chi connectivity index (χ0n) is 17.0. The fourth-order valence-electron chi connectivity index (χ4n) is 3.81. The minimum atomic E-state index is -0.341. The fourth-order valence-corrected chi connectivity index (χ4v) is 3.81. The second kappa shape index (κ2) is 7.32. The summed E-state index contributed by atoms with van der Waals surface area (Å²) in [5.41, 5.74) is 12.1. The smallest absolute Gasteiger partial charge is 0.322 e. The Kier molecular flexibility index (Phi) is 4.47. The van der Waals surface area contributed by atoms with Gasteiger partial charge in [-0.1, -0.05) is 0 Å². The topological polar surface area (TPSA) is 98.8 Å². The second-order valence-corrected chi connectivity index (χ2v) is 7.26. The summed E-state index contributed by atoms with van der Waals surface area (Å²) in [4.78, 5) is 17.7. The van der Waals surface area contributed by atoms with Crippen molar-refractivity contribution < 1.29 is 9.13 Å². The quantitative estimate of drug-likeness (QED) is 0.450. The number of nitrogens with two attached hydrogens (primary N) is 1. The number of hydrogen-bond acceptors (Lipinski definition) is 7. The van der Waals surface area contributed by atoms with E-state index in [9.17, 15) is 4.39 Å². The predicted octanol–water partition coefficient (Wildman–Crippen LogP) is 4.37. The number of anilines is 2. The van der Waals surface area contributed by atoms with Crippen LogP contribution < -0.4 is 15.8 Å². The van der Waals surface area contributed by atoms with Crippen LogP contribution in [0.3, 0.4) is 0 Å². The first kappa shape index (κ1) is 18.9. The van der Waals surface area contributed by atoms with Crippen LogP contribution in [0, 0.1) is 12.7 Å². The third-order valence-corrected chi connectivity index (χ3v) is 5.25. The van der Waals surface area contributed by atoms with Crippen LogP contribution in [0.5, 0.6) is 11.8 Å². The van der Waals surface area contributed by atoms with Crippen LogP contribution in [-0.2, 0) is 6.42 Å². The van der Waals surface area contributed by atoms with Crippen LogP contribution in [0.25, 0.3) is 22.4 Å². The van der Waals surface area contributed by atoms with Gasteiger partial charge >= 0.3 is 6.01 Å². The first-order chi connectivity index (χ1) is 15.0. The van der Waals surface area contributed by atoms with Crippen LogP contribution in [0.15, 0.2) is 48.8 Å². The standard InChI is InChI=1S/C23H19FN6O/c1-12-5-6-14(11-28-12)31-23-29-19-10-16-17(8-13(24)9-18(16)26-2)20(19)21(30-23)15-4-3-7-27-22(15)25/h3-9,11,26H,10H2,1-2H3,(H2,25,27). The summed E-state index contributed by atoms with van der Waals surface area (Å²) >= 11 is 0. The molecule has 154 valence electrons. The van der Waals surface area contributed by atoms with Crippen molar-refractivity contribution >= 4 is 11.5 Å². The van der Waals surface area contributed by atoms with E-state index in [0.717, 1.165) is 28.1 Å². The predicted molar refractivity (Wildman–Crippen MR) is 116 cm³/mol. The number of pyridine rings is 2. The van der Waals surface area contributed by atoms with E-state index in [1.54, 1.807) is 31.6 Å². The molecule has 0 saturated carbocycles. The zero-order valence-corrected chi connectivity index (χ0v) is 17.0. The van der Waals surface area contributed by atoms with Gasteiger partial charge in [-0.2, -0.15) is 9.97 Å². The molecule has 5 rings (SSSR count). The van der Waals surface area contributed by atoms with Gasteiger partial charge in [0.25, 0.3) is 0 Å². The van der Waals surface area contributed by atoms with E-state index in [1.807, 2.05) is 19.1 Å². The van der Waals surface area contributed by atoms with E-state index in [1.165, 1.54) is 12.1 Å². The Bertz CT molecular complexity index is 1310. The highest BCUT2D eigenvalue weighted by Crippen LogP contribution is 2.46. The van der Waals surface area contributed by atoms with Crippen LogP contribution in [0.1, 0.15) is 17.0 Å². The second-order valence-electron chi connectivity index (χ2n) is 7.26. The summed E-state index contributed by atoms with van der Waals surface area (Å²) in [6.07, 6.45) is 3.74. The van der Waals surface area contributed by atoms with Gasteiger partial charge in [-0.3, -0.25) is 4.98 Å². The SMILES string of the molecule is CNc1cc(F)cc2c1Cc1nc(Oc3ccc(C)nc3)nc(-c3cccnc3N)c1-2. The highest BCUT2D eigenvalue weighted by molar-refractivity contribution is 5.92. The van der Waals surface area contributed by atoms with Crippen LogP contribution in [0.2, 0.25) is 0 Å². The number of rotatable bonds is 4. The Labute approximate surface area is 178 Å². The summed E-state index contributed by atoms with van der Waals surface area (Å²) in [6.45, 7) is 1.90. The molecule has 0 radical (unpaired) electrons. The van der Waals surface area contributed by atoms with Gasteiger partial charge in [0, 0.05) is 42.2 Å². The number of hydrogen-bond donors (Lipinski definition) is 2. The lowest BCUT2D eigenvalue weighted by molar-refractivity contribution is 0.439. The van der Waals surface area contributed by atoms with Crippen molar-refractivity contribution in [3.8, 4) is 34.1 Å². The lowest BCUT2D eigenvalue weighted by Gasteiger charge is -2.13. The lowest BCUT2D eigenvalue weighted by Crippen LogP contribution is -2.02. The van der Waals surface area contributed by atoms with Gasteiger partial charge in [0.1, 0.15) is 17.4 Å². The summed E-state index contributed by atoms with van der Waals surface area (Å²) < 4.78 is 20.3. The minimum Gasteiger partial charge on any atom is -0.423 e. The Morgan fingerprint density at radius 1 is 1.10 bits per heavy atom. The molecule has 3 N–H and O–H groups in total. The van der Waals surface area contributed by atoms with E-state index in [4.69, 9.17) is 10.5 Å². The van der Waals surface area contributed by atoms with Crippen LogP contribution >= 0.6 is 0 Å². The molecule has 7 nitrogen and oxygen atoms in total. The number of nitrogens with one attached hydrogen (secondary N) is 1. The van der Waals surface area contributed by atoms with Gasteiger partial charge in [-0.15, -0.1) is 0 Å². The normalized spacial score (nSPS) is 11.7. The molecule has 1 aliphatic rings. The molecule has 31 heavy (non-hydrogen) atoms. The number of ether oxygens (including phenoxy) is 1. The summed E-state index contributed by atoms with van der Waals surface area (Å²) in [5, 5.41) is 3.07. The van der Waals surface area contributed by atoms with Crippen molar-refractivity contribution in [2.45, 2.75) is 13.3 Å². The Morgan fingerprint density at radius 3 is 2.71 bits per heavy atom. The van der Waals surface area contributed by atoms with Crippen LogP contribution in [-0.4, -0.2) is 27.0 Å². The number of aryl methyl sites for hydroxylation is 1. The molecule has 3 heterocycles. The van der Waals surface area contributed by atoms with Gasteiger partial charge in [0.2, 0.25) is 0 Å². The third-order valence-electron chi connectivity index (χ3n) is 5.25. The van der Waals surface area contributed by atoms with Crippen LogP contribution in [0.4, 0.5) is 15.9 Å². The third kappa shape index (κ3) is 3.31. The lowest BCUT2D eigenvalue weighted by atomic mass is 10.0. The summed E-state index contributed by atoms with van der Waals surface area (Å²) in [7, 11) is 1.77. The van der Waals surface area contributed by atoms with Crippen molar-refractivity contribution in [1.82, 2.24) is 19.9 Å². The van der Waals surface area contributed by atoms with E-state index >= 15 is 0 Å². The minimum absolute atomic E-state index is 0.168. The largest absolute Gasteiger partial charge is 0.423 e. The average molecular weight is 414 g/mol. The Hall–Kier alpha value is -4.07. The molecule has 0 spiro atoms. The van der Waals surface area contributed by atoms with Crippen molar-refractivity contribution in [2.75, 3.05) is 18.1 Å². The molecule has 8 heteroatoms. The first-order valence-corrected chi connectivity index (χ1v) is 9.76. The van der Waals surface area contributed by atoms with Gasteiger partial charge < -0.3 is 15.8 Å². The molecule has 0 atom stereocenters. The number of nitrogens with zero attached hydrogens (tertiary/aromatic N) is 4. The number of nitrogen functional groups attached to an aromatic ring is 1. The van der Waals surface area contributed by atoms with Crippen molar-refractivity contribution in [2.24, 2.45) is 0 Å². The monoisotopic (exact) mass is 414 g/mol. The number of aromatic nitrogens is 4. The molecule has 0 fully saturated rings. The molecule has 3 aromatic heterocycles. The molecule has 4 aromatic rings. The van der Waals surface area contributed by atoms with Crippen molar-refractivity contribution in [3.05, 3.63) is 71.6 Å². The molecule has 0 aliphatic heterocycles. The number of fused-ring (bicyclic) bond motifs is 3. The first-order valence-electron chi connectivity index (χ1n) is 9.76. The molecular weight excluding hydrogens is 395 g/mol. The molecule has 1 aliphatic carbocycles. The molecule has 0 saturated heterocycles. The highest BCUT2D eigenvalue weighted by Gasteiger charge is 2.29. The highest BCUT2D eigenvalue weighted by atomic mass is 19.1. The van der Waals surface area contributed by atoms with Gasteiger partial charge in [0.05, 0.1) is 17.6 Å². The van der Waals surface area contributed by atoms with Crippen molar-refractivity contribution in [1.29, 1.82) is 0 Å².